The summed E-state index contributed by atoms with van der Waals surface area (Å²) in [6.07, 6.45) is 2.50. The van der Waals surface area contributed by atoms with Crippen molar-refractivity contribution in [2.45, 2.75) is 32.0 Å². The Labute approximate surface area is 143 Å². The number of rotatable bonds is 5. The van der Waals surface area contributed by atoms with Gasteiger partial charge in [-0.15, -0.1) is 24.8 Å². The van der Waals surface area contributed by atoms with Gasteiger partial charge in [-0.2, -0.15) is 4.98 Å². The Morgan fingerprint density at radius 2 is 1.95 bits per heavy atom. The molecule has 0 aliphatic carbocycles. The lowest BCUT2D eigenvalue weighted by Gasteiger charge is -2.32. The van der Waals surface area contributed by atoms with Crippen molar-refractivity contribution < 1.29 is 9.26 Å². The topological polar surface area (TPSA) is 80.7 Å². The van der Waals surface area contributed by atoms with Crippen LogP contribution in [0, 0.1) is 0 Å². The summed E-state index contributed by atoms with van der Waals surface area (Å²) in [4.78, 5) is 9.25. The summed E-state index contributed by atoms with van der Waals surface area (Å²) < 4.78 is 10.5. The van der Waals surface area contributed by atoms with Gasteiger partial charge in [0.25, 0.3) is 0 Å². The Kier molecular flexibility index (Phi) is 8.59. The van der Waals surface area contributed by atoms with Gasteiger partial charge in [-0.05, 0) is 19.4 Å². The molecular formula is C13H25Cl2N5O2. The molecule has 2 fully saturated rings. The molecule has 3 rings (SSSR count). The molecule has 1 unspecified atom stereocenters. The second kappa shape index (κ2) is 9.64. The number of nitrogens with zero attached hydrogens (tertiary/aromatic N) is 4. The van der Waals surface area contributed by atoms with Gasteiger partial charge in [0.15, 0.2) is 5.82 Å². The van der Waals surface area contributed by atoms with Crippen LogP contribution in [0.3, 0.4) is 0 Å². The van der Waals surface area contributed by atoms with Crippen LogP contribution in [-0.2, 0) is 17.8 Å². The fourth-order valence-electron chi connectivity index (χ4n) is 3.01. The standard InChI is InChI=1S/C13H23N5O2.2ClH/c14-8-13-15-12(16-20-13)10-18-3-1-2-11(18)9-17-4-6-19-7-5-17;;/h11H,1-10,14H2;2*1H. The van der Waals surface area contributed by atoms with E-state index in [4.69, 9.17) is 15.0 Å². The molecule has 3 heterocycles. The molecule has 1 aromatic heterocycles. The average Bonchev–Trinajstić information content (AvgIpc) is 3.10. The highest BCUT2D eigenvalue weighted by Gasteiger charge is 2.28. The minimum Gasteiger partial charge on any atom is -0.379 e. The third-order valence-electron chi connectivity index (χ3n) is 4.10. The first-order valence-corrected chi connectivity index (χ1v) is 7.41. The number of ether oxygens (including phenoxy) is 1. The quantitative estimate of drug-likeness (QED) is 0.832. The fraction of sp³-hybridized carbons (Fsp3) is 0.846. The zero-order chi connectivity index (χ0) is 13.8. The number of halogens is 2. The van der Waals surface area contributed by atoms with E-state index in [0.29, 0.717) is 18.5 Å². The van der Waals surface area contributed by atoms with E-state index < -0.39 is 0 Å². The van der Waals surface area contributed by atoms with E-state index in [-0.39, 0.29) is 24.8 Å². The minimum absolute atomic E-state index is 0. The lowest BCUT2D eigenvalue weighted by molar-refractivity contribution is 0.0259. The molecule has 2 aliphatic rings. The zero-order valence-corrected chi connectivity index (χ0v) is 14.3. The number of hydrogen-bond donors (Lipinski definition) is 1. The van der Waals surface area contributed by atoms with Crippen molar-refractivity contribution in [3.63, 3.8) is 0 Å². The lowest BCUT2D eigenvalue weighted by Crippen LogP contribution is -2.44. The van der Waals surface area contributed by atoms with Crippen LogP contribution < -0.4 is 5.73 Å². The SMILES string of the molecule is Cl.Cl.NCc1nc(CN2CCCC2CN2CCOCC2)no1. The first-order valence-electron chi connectivity index (χ1n) is 7.41. The predicted molar refractivity (Wildman–Crippen MR) is 87.4 cm³/mol. The van der Waals surface area contributed by atoms with Crippen molar-refractivity contribution in [3.8, 4) is 0 Å². The lowest BCUT2D eigenvalue weighted by atomic mass is 10.2. The average molecular weight is 354 g/mol. The van der Waals surface area contributed by atoms with Crippen LogP contribution >= 0.6 is 24.8 Å². The van der Waals surface area contributed by atoms with Gasteiger partial charge in [-0.1, -0.05) is 5.16 Å². The minimum atomic E-state index is 0. The Morgan fingerprint density at radius 3 is 2.64 bits per heavy atom. The number of morpholine rings is 1. The highest BCUT2D eigenvalue weighted by molar-refractivity contribution is 5.85. The summed E-state index contributed by atoms with van der Waals surface area (Å²) in [7, 11) is 0. The van der Waals surface area contributed by atoms with Crippen molar-refractivity contribution in [1.82, 2.24) is 19.9 Å². The van der Waals surface area contributed by atoms with Crippen LogP contribution in [0.5, 0.6) is 0 Å². The van der Waals surface area contributed by atoms with Crippen molar-refractivity contribution in [2.75, 3.05) is 39.4 Å². The molecule has 1 aromatic rings. The maximum atomic E-state index is 5.49. The monoisotopic (exact) mass is 353 g/mol. The summed E-state index contributed by atoms with van der Waals surface area (Å²) in [6.45, 7) is 7.11. The molecule has 2 N–H and O–H groups in total. The van der Waals surface area contributed by atoms with Crippen LogP contribution in [0.15, 0.2) is 4.52 Å². The van der Waals surface area contributed by atoms with Gasteiger partial charge in [0.05, 0.1) is 26.3 Å². The molecule has 0 saturated carbocycles. The maximum Gasteiger partial charge on any atom is 0.240 e. The molecule has 0 radical (unpaired) electrons. The van der Waals surface area contributed by atoms with E-state index in [2.05, 4.69) is 19.9 Å². The van der Waals surface area contributed by atoms with Crippen LogP contribution in [0.25, 0.3) is 0 Å². The van der Waals surface area contributed by atoms with Crippen molar-refractivity contribution in [1.29, 1.82) is 0 Å². The number of aromatic nitrogens is 2. The first-order chi connectivity index (χ1) is 9.85. The van der Waals surface area contributed by atoms with Gasteiger partial charge < -0.3 is 15.0 Å². The summed E-state index contributed by atoms with van der Waals surface area (Å²) in [5.41, 5.74) is 5.49. The van der Waals surface area contributed by atoms with Crippen LogP contribution in [-0.4, -0.2) is 65.4 Å². The van der Waals surface area contributed by atoms with Gasteiger partial charge in [-0.3, -0.25) is 9.80 Å². The molecule has 0 bridgehead atoms. The van der Waals surface area contributed by atoms with Crippen molar-refractivity contribution in [2.24, 2.45) is 5.73 Å². The third kappa shape index (κ3) is 5.04. The molecule has 9 heteroatoms. The fourth-order valence-corrected chi connectivity index (χ4v) is 3.01. The van der Waals surface area contributed by atoms with Gasteiger partial charge in [0.2, 0.25) is 5.89 Å². The predicted octanol–water partition coefficient (Wildman–Crippen LogP) is 0.669. The molecule has 1 atom stereocenters. The van der Waals surface area contributed by atoms with E-state index in [1.807, 2.05) is 0 Å². The smallest absolute Gasteiger partial charge is 0.240 e. The van der Waals surface area contributed by atoms with Crippen LogP contribution in [0.4, 0.5) is 0 Å². The molecular weight excluding hydrogens is 329 g/mol. The van der Waals surface area contributed by atoms with Crippen LogP contribution in [0.1, 0.15) is 24.6 Å². The van der Waals surface area contributed by atoms with Crippen molar-refractivity contribution in [3.05, 3.63) is 11.7 Å². The number of likely N-dealkylation sites (tertiary alicyclic amines) is 1. The normalized spacial score (nSPS) is 23.0. The summed E-state index contributed by atoms with van der Waals surface area (Å²) in [5.74, 6) is 1.27. The molecule has 128 valence electrons. The molecule has 0 aromatic carbocycles. The Bertz CT molecular complexity index is 428. The van der Waals surface area contributed by atoms with E-state index in [1.165, 1.54) is 12.8 Å². The molecule has 22 heavy (non-hydrogen) atoms. The molecule has 2 saturated heterocycles. The zero-order valence-electron chi connectivity index (χ0n) is 12.6. The molecule has 2 aliphatic heterocycles. The Hall–Kier alpha value is -0.440. The molecule has 0 amide bonds. The highest BCUT2D eigenvalue weighted by Crippen LogP contribution is 2.20. The third-order valence-corrected chi connectivity index (χ3v) is 4.10. The highest BCUT2D eigenvalue weighted by atomic mass is 35.5. The Balaban J connectivity index is 0.00000121. The first kappa shape index (κ1) is 19.6. The van der Waals surface area contributed by atoms with E-state index in [1.54, 1.807) is 0 Å². The van der Waals surface area contributed by atoms with E-state index >= 15 is 0 Å². The van der Waals surface area contributed by atoms with E-state index in [9.17, 15) is 0 Å². The molecule has 0 spiro atoms. The van der Waals surface area contributed by atoms with Gasteiger partial charge in [0.1, 0.15) is 0 Å². The van der Waals surface area contributed by atoms with Crippen LogP contribution in [0.2, 0.25) is 0 Å². The summed E-state index contributed by atoms with van der Waals surface area (Å²) >= 11 is 0. The van der Waals surface area contributed by atoms with Gasteiger partial charge in [0, 0.05) is 25.7 Å². The summed E-state index contributed by atoms with van der Waals surface area (Å²) in [6, 6.07) is 0.591. The number of hydrogen-bond acceptors (Lipinski definition) is 7. The molecule has 7 nitrogen and oxygen atoms in total. The van der Waals surface area contributed by atoms with E-state index in [0.717, 1.165) is 51.8 Å². The maximum absolute atomic E-state index is 5.49. The Morgan fingerprint density at radius 1 is 1.18 bits per heavy atom. The van der Waals surface area contributed by atoms with Crippen molar-refractivity contribution >= 4 is 24.8 Å². The second-order valence-corrected chi connectivity index (χ2v) is 5.49. The second-order valence-electron chi connectivity index (χ2n) is 5.49. The summed E-state index contributed by atoms with van der Waals surface area (Å²) in [5, 5.41) is 3.99. The number of nitrogens with two attached hydrogens (primary N) is 1. The largest absolute Gasteiger partial charge is 0.379 e. The van der Waals surface area contributed by atoms with Gasteiger partial charge in [-0.25, -0.2) is 0 Å². The van der Waals surface area contributed by atoms with Gasteiger partial charge >= 0.3 is 0 Å².